The molecule has 5 heteroatoms. The predicted molar refractivity (Wildman–Crippen MR) is 76.5 cm³/mol. The first-order chi connectivity index (χ1) is 10.2. The quantitative estimate of drug-likeness (QED) is 0.797. The number of fused-ring (bicyclic) bond motifs is 1. The normalized spacial score (nSPS) is 14.7. The van der Waals surface area contributed by atoms with E-state index in [0.29, 0.717) is 12.5 Å². The van der Waals surface area contributed by atoms with E-state index in [2.05, 4.69) is 9.55 Å². The molecule has 21 heavy (non-hydrogen) atoms. The van der Waals surface area contributed by atoms with E-state index < -0.39 is 5.97 Å². The van der Waals surface area contributed by atoms with E-state index in [1.165, 1.54) is 0 Å². The molecule has 1 saturated carbocycles. The van der Waals surface area contributed by atoms with Gasteiger partial charge in [0.1, 0.15) is 11.6 Å². The molecule has 1 aliphatic rings. The lowest BCUT2D eigenvalue weighted by Gasteiger charge is -2.06. The molecular formula is C16H14N2O3. The number of furan rings is 1. The fourth-order valence-electron chi connectivity index (χ4n) is 2.66. The molecule has 0 saturated heterocycles. The molecule has 3 aromatic rings. The molecule has 1 fully saturated rings. The smallest absolute Gasteiger partial charge is 0.335 e. The van der Waals surface area contributed by atoms with E-state index in [0.717, 1.165) is 35.5 Å². The maximum absolute atomic E-state index is 11.1. The molecule has 1 aromatic carbocycles. The first-order valence-electron chi connectivity index (χ1n) is 6.98. The van der Waals surface area contributed by atoms with Gasteiger partial charge in [-0.05, 0) is 43.2 Å². The number of carboxylic acid groups (broad SMARTS) is 1. The number of carbonyl (C=O) groups is 1. The van der Waals surface area contributed by atoms with E-state index in [9.17, 15) is 4.79 Å². The number of carboxylic acids is 1. The van der Waals surface area contributed by atoms with Crippen molar-refractivity contribution in [2.75, 3.05) is 0 Å². The van der Waals surface area contributed by atoms with Gasteiger partial charge in [0.2, 0.25) is 0 Å². The van der Waals surface area contributed by atoms with Crippen LogP contribution in [-0.2, 0) is 6.54 Å². The molecular weight excluding hydrogens is 268 g/mol. The minimum Gasteiger partial charge on any atom is -0.478 e. The number of aromatic carboxylic acids is 1. The Kier molecular flexibility index (Phi) is 2.60. The lowest BCUT2D eigenvalue weighted by Crippen LogP contribution is -2.03. The van der Waals surface area contributed by atoms with E-state index >= 15 is 0 Å². The van der Waals surface area contributed by atoms with Crippen LogP contribution in [0.25, 0.3) is 11.0 Å². The van der Waals surface area contributed by atoms with Gasteiger partial charge in [-0.25, -0.2) is 9.78 Å². The molecule has 4 rings (SSSR count). The average molecular weight is 282 g/mol. The average Bonchev–Trinajstić information content (AvgIpc) is 3.07. The Morgan fingerprint density at radius 3 is 2.90 bits per heavy atom. The minimum atomic E-state index is -0.926. The number of hydrogen-bond donors (Lipinski definition) is 1. The highest BCUT2D eigenvalue weighted by Gasteiger charge is 2.30. The zero-order valence-corrected chi connectivity index (χ0v) is 11.3. The third-order valence-electron chi connectivity index (χ3n) is 3.86. The van der Waals surface area contributed by atoms with Crippen LogP contribution < -0.4 is 0 Å². The van der Waals surface area contributed by atoms with Crippen LogP contribution in [0.3, 0.4) is 0 Å². The highest BCUT2D eigenvalue weighted by Crippen LogP contribution is 2.41. The van der Waals surface area contributed by atoms with Gasteiger partial charge in [0.25, 0.3) is 0 Å². The van der Waals surface area contributed by atoms with Crippen LogP contribution in [0.1, 0.15) is 40.7 Å². The summed E-state index contributed by atoms with van der Waals surface area (Å²) in [5.41, 5.74) is 1.97. The SMILES string of the molecule is O=C(O)c1ccc2c(c1)nc(C1CC1)n2Cc1ccco1. The highest BCUT2D eigenvalue weighted by atomic mass is 16.4. The van der Waals surface area contributed by atoms with Crippen molar-refractivity contribution in [2.45, 2.75) is 25.3 Å². The summed E-state index contributed by atoms with van der Waals surface area (Å²) in [6.07, 6.45) is 3.95. The summed E-state index contributed by atoms with van der Waals surface area (Å²) < 4.78 is 7.57. The Morgan fingerprint density at radius 1 is 1.38 bits per heavy atom. The Balaban J connectivity index is 1.85. The van der Waals surface area contributed by atoms with E-state index in [-0.39, 0.29) is 5.56 Å². The topological polar surface area (TPSA) is 68.3 Å². The third-order valence-corrected chi connectivity index (χ3v) is 3.86. The van der Waals surface area contributed by atoms with Gasteiger partial charge in [-0.15, -0.1) is 0 Å². The van der Waals surface area contributed by atoms with Crippen molar-refractivity contribution < 1.29 is 14.3 Å². The van der Waals surface area contributed by atoms with Gasteiger partial charge in [-0.3, -0.25) is 0 Å². The van der Waals surface area contributed by atoms with Crippen molar-refractivity contribution in [3.8, 4) is 0 Å². The summed E-state index contributed by atoms with van der Waals surface area (Å²) in [6.45, 7) is 0.627. The molecule has 1 aliphatic carbocycles. The second-order valence-corrected chi connectivity index (χ2v) is 5.42. The third kappa shape index (κ3) is 2.11. The lowest BCUT2D eigenvalue weighted by molar-refractivity contribution is 0.0697. The van der Waals surface area contributed by atoms with E-state index in [4.69, 9.17) is 9.52 Å². The Labute approximate surface area is 120 Å². The molecule has 0 bridgehead atoms. The Morgan fingerprint density at radius 2 is 2.24 bits per heavy atom. The molecule has 0 amide bonds. The van der Waals surface area contributed by atoms with Crippen LogP contribution in [0.4, 0.5) is 0 Å². The largest absolute Gasteiger partial charge is 0.478 e. The zero-order chi connectivity index (χ0) is 14.4. The molecule has 106 valence electrons. The van der Waals surface area contributed by atoms with Crippen molar-refractivity contribution in [3.05, 3.63) is 53.7 Å². The van der Waals surface area contributed by atoms with Crippen LogP contribution in [-0.4, -0.2) is 20.6 Å². The van der Waals surface area contributed by atoms with E-state index in [1.54, 1.807) is 18.4 Å². The van der Waals surface area contributed by atoms with Gasteiger partial charge in [-0.2, -0.15) is 0 Å². The summed E-state index contributed by atoms with van der Waals surface area (Å²) in [6, 6.07) is 8.91. The first kappa shape index (κ1) is 12.2. The number of benzene rings is 1. The minimum absolute atomic E-state index is 0.271. The number of nitrogens with zero attached hydrogens (tertiary/aromatic N) is 2. The Hall–Kier alpha value is -2.56. The zero-order valence-electron chi connectivity index (χ0n) is 11.3. The molecule has 0 aliphatic heterocycles. The monoisotopic (exact) mass is 282 g/mol. The number of aromatic nitrogens is 2. The number of imidazole rings is 1. The van der Waals surface area contributed by atoms with Crippen LogP contribution in [0, 0.1) is 0 Å². The van der Waals surface area contributed by atoms with Gasteiger partial charge < -0.3 is 14.1 Å². The molecule has 2 aromatic heterocycles. The molecule has 0 atom stereocenters. The van der Waals surface area contributed by atoms with Crippen molar-refractivity contribution in [1.29, 1.82) is 0 Å². The van der Waals surface area contributed by atoms with Gasteiger partial charge in [0.05, 0.1) is 29.4 Å². The molecule has 0 unspecified atom stereocenters. The standard InChI is InChI=1S/C16H14N2O3/c19-16(20)11-5-6-14-13(8-11)17-15(10-3-4-10)18(14)9-12-2-1-7-21-12/h1-2,5-8,10H,3-4,9H2,(H,19,20). The summed E-state index contributed by atoms with van der Waals surface area (Å²) in [7, 11) is 0. The fraction of sp³-hybridized carbons (Fsp3) is 0.250. The van der Waals surface area contributed by atoms with Crippen molar-refractivity contribution in [3.63, 3.8) is 0 Å². The second kappa shape index (κ2) is 4.48. The van der Waals surface area contributed by atoms with Gasteiger partial charge in [-0.1, -0.05) is 0 Å². The predicted octanol–water partition coefficient (Wildman–Crippen LogP) is 3.25. The van der Waals surface area contributed by atoms with Crippen LogP contribution >= 0.6 is 0 Å². The Bertz CT molecular complexity index is 814. The summed E-state index contributed by atoms with van der Waals surface area (Å²) in [5, 5.41) is 9.10. The number of hydrogen-bond acceptors (Lipinski definition) is 3. The molecule has 1 N–H and O–H groups in total. The fourth-order valence-corrected chi connectivity index (χ4v) is 2.66. The van der Waals surface area contributed by atoms with Crippen molar-refractivity contribution in [1.82, 2.24) is 9.55 Å². The summed E-state index contributed by atoms with van der Waals surface area (Å²) in [4.78, 5) is 15.7. The first-order valence-corrected chi connectivity index (χ1v) is 6.98. The molecule has 0 radical (unpaired) electrons. The van der Waals surface area contributed by atoms with Crippen LogP contribution in [0.2, 0.25) is 0 Å². The molecule has 2 heterocycles. The van der Waals surface area contributed by atoms with Crippen molar-refractivity contribution in [2.24, 2.45) is 0 Å². The highest BCUT2D eigenvalue weighted by molar-refractivity contribution is 5.92. The van der Waals surface area contributed by atoms with Gasteiger partial charge in [0.15, 0.2) is 0 Å². The van der Waals surface area contributed by atoms with Gasteiger partial charge >= 0.3 is 5.97 Å². The van der Waals surface area contributed by atoms with Crippen LogP contribution in [0.5, 0.6) is 0 Å². The van der Waals surface area contributed by atoms with Gasteiger partial charge in [0, 0.05) is 5.92 Å². The van der Waals surface area contributed by atoms with Crippen LogP contribution in [0.15, 0.2) is 41.0 Å². The molecule has 5 nitrogen and oxygen atoms in total. The lowest BCUT2D eigenvalue weighted by atomic mass is 10.2. The molecule has 0 spiro atoms. The number of rotatable bonds is 4. The maximum Gasteiger partial charge on any atom is 0.335 e. The van der Waals surface area contributed by atoms with Crippen molar-refractivity contribution >= 4 is 17.0 Å². The summed E-state index contributed by atoms with van der Waals surface area (Å²) in [5.74, 6) is 1.47. The summed E-state index contributed by atoms with van der Waals surface area (Å²) >= 11 is 0. The maximum atomic E-state index is 11.1. The second-order valence-electron chi connectivity index (χ2n) is 5.42. The van der Waals surface area contributed by atoms with E-state index in [1.807, 2.05) is 18.2 Å².